The minimum atomic E-state index is -0.417. The number of halogens is 2. The minimum absolute atomic E-state index is 0.210. The lowest BCUT2D eigenvalue weighted by Gasteiger charge is -2.06. The smallest absolute Gasteiger partial charge is 0.131 e. The summed E-state index contributed by atoms with van der Waals surface area (Å²) >= 11 is 0. The van der Waals surface area contributed by atoms with Gasteiger partial charge in [0.05, 0.1) is 12.5 Å². The molecule has 0 radical (unpaired) electrons. The molecule has 18 heavy (non-hydrogen) atoms. The Hall–Kier alpha value is -2.21. The third kappa shape index (κ3) is 2.38. The maximum Gasteiger partial charge on any atom is 0.131 e. The number of benzene rings is 2. The van der Waals surface area contributed by atoms with E-state index in [1.807, 2.05) is 6.07 Å². The fraction of sp³-hybridized carbons (Fsp3) is 0.133. The molecule has 0 aliphatic heterocycles. The average molecular weight is 243 g/mol. The largest absolute Gasteiger partial charge is 0.207 e. The molecule has 0 aromatic heterocycles. The lowest BCUT2D eigenvalue weighted by Crippen LogP contribution is -1.90. The van der Waals surface area contributed by atoms with E-state index in [-0.39, 0.29) is 12.2 Å². The van der Waals surface area contributed by atoms with Crippen LogP contribution in [0.4, 0.5) is 8.78 Å². The Morgan fingerprint density at radius 1 is 1.06 bits per heavy atom. The summed E-state index contributed by atoms with van der Waals surface area (Å²) in [4.78, 5) is 0. The molecule has 0 saturated carbocycles. The molecule has 0 atom stereocenters. The quantitative estimate of drug-likeness (QED) is 0.781. The minimum Gasteiger partial charge on any atom is -0.207 e. The zero-order valence-corrected chi connectivity index (χ0v) is 9.87. The van der Waals surface area contributed by atoms with Crippen LogP contribution in [0.2, 0.25) is 0 Å². The lowest BCUT2D eigenvalue weighted by molar-refractivity contribution is 0.617. The number of nitriles is 1. The third-order valence-corrected chi connectivity index (χ3v) is 2.80. The van der Waals surface area contributed by atoms with Gasteiger partial charge in [0.2, 0.25) is 0 Å². The summed E-state index contributed by atoms with van der Waals surface area (Å²) in [6.45, 7) is 1.65. The van der Waals surface area contributed by atoms with Gasteiger partial charge in [-0.25, -0.2) is 8.78 Å². The molecule has 0 saturated heterocycles. The van der Waals surface area contributed by atoms with E-state index >= 15 is 0 Å². The Morgan fingerprint density at radius 3 is 2.50 bits per heavy atom. The van der Waals surface area contributed by atoms with E-state index in [1.54, 1.807) is 31.2 Å². The zero-order chi connectivity index (χ0) is 13.1. The van der Waals surface area contributed by atoms with Crippen molar-refractivity contribution in [3.05, 3.63) is 59.2 Å². The zero-order valence-electron chi connectivity index (χ0n) is 9.87. The Morgan fingerprint density at radius 2 is 1.83 bits per heavy atom. The Bertz CT molecular complexity index is 627. The van der Waals surface area contributed by atoms with E-state index in [4.69, 9.17) is 5.26 Å². The predicted molar refractivity (Wildman–Crippen MR) is 65.8 cm³/mol. The van der Waals surface area contributed by atoms with Crippen LogP contribution in [0.15, 0.2) is 36.4 Å². The van der Waals surface area contributed by atoms with Gasteiger partial charge in [0.1, 0.15) is 11.6 Å². The highest BCUT2D eigenvalue weighted by Gasteiger charge is 2.08. The normalized spacial score (nSPS) is 10.1. The second-order valence-corrected chi connectivity index (χ2v) is 4.11. The molecule has 0 amide bonds. The van der Waals surface area contributed by atoms with Crippen LogP contribution in [0.25, 0.3) is 11.1 Å². The first-order chi connectivity index (χ1) is 8.61. The van der Waals surface area contributed by atoms with Crippen molar-refractivity contribution in [2.24, 2.45) is 0 Å². The maximum atomic E-state index is 13.7. The van der Waals surface area contributed by atoms with Crippen LogP contribution < -0.4 is 0 Å². The molecule has 0 unspecified atom stereocenters. The molecule has 2 aromatic carbocycles. The van der Waals surface area contributed by atoms with Gasteiger partial charge in [-0.15, -0.1) is 0 Å². The molecule has 2 rings (SSSR count). The number of aryl methyl sites for hydroxylation is 1. The predicted octanol–water partition coefficient (Wildman–Crippen LogP) is 4.01. The van der Waals surface area contributed by atoms with E-state index < -0.39 is 5.82 Å². The van der Waals surface area contributed by atoms with Gasteiger partial charge in [-0.05, 0) is 41.8 Å². The van der Waals surface area contributed by atoms with Crippen molar-refractivity contribution >= 4 is 0 Å². The van der Waals surface area contributed by atoms with E-state index in [1.165, 1.54) is 12.1 Å². The van der Waals surface area contributed by atoms with Gasteiger partial charge in [0.25, 0.3) is 0 Å². The summed E-state index contributed by atoms with van der Waals surface area (Å²) in [7, 11) is 0. The van der Waals surface area contributed by atoms with Gasteiger partial charge < -0.3 is 0 Å². The Labute approximate surface area is 104 Å². The fourth-order valence-corrected chi connectivity index (χ4v) is 1.76. The number of rotatable bonds is 2. The van der Waals surface area contributed by atoms with Crippen LogP contribution >= 0.6 is 0 Å². The van der Waals surface area contributed by atoms with Crippen molar-refractivity contribution in [1.82, 2.24) is 0 Å². The summed E-state index contributed by atoms with van der Waals surface area (Å²) in [6.07, 6.45) is 0.210. The SMILES string of the molecule is Cc1ccc(-c2cc(CC#N)ccc2F)cc1F. The highest BCUT2D eigenvalue weighted by atomic mass is 19.1. The van der Waals surface area contributed by atoms with Crippen LogP contribution in [0.3, 0.4) is 0 Å². The molecule has 0 spiro atoms. The average Bonchev–Trinajstić information content (AvgIpc) is 2.35. The summed E-state index contributed by atoms with van der Waals surface area (Å²) in [5.41, 5.74) is 2.04. The molecule has 90 valence electrons. The van der Waals surface area contributed by atoms with Crippen molar-refractivity contribution < 1.29 is 8.78 Å². The van der Waals surface area contributed by atoms with Gasteiger partial charge in [0.15, 0.2) is 0 Å². The van der Waals surface area contributed by atoms with Crippen LogP contribution in [-0.4, -0.2) is 0 Å². The second kappa shape index (κ2) is 4.97. The molecule has 0 aliphatic carbocycles. The van der Waals surface area contributed by atoms with Crippen LogP contribution in [0.5, 0.6) is 0 Å². The molecule has 0 fully saturated rings. The maximum absolute atomic E-state index is 13.7. The molecular formula is C15H11F2N. The molecule has 0 bridgehead atoms. The lowest BCUT2D eigenvalue weighted by atomic mass is 10.00. The second-order valence-electron chi connectivity index (χ2n) is 4.11. The topological polar surface area (TPSA) is 23.8 Å². The summed E-state index contributed by atoms with van der Waals surface area (Å²) < 4.78 is 27.2. The monoisotopic (exact) mass is 243 g/mol. The van der Waals surface area contributed by atoms with Crippen molar-refractivity contribution in [2.45, 2.75) is 13.3 Å². The highest BCUT2D eigenvalue weighted by molar-refractivity contribution is 5.65. The van der Waals surface area contributed by atoms with Crippen molar-refractivity contribution in [2.75, 3.05) is 0 Å². The molecule has 2 aromatic rings. The number of hydrogen-bond acceptors (Lipinski definition) is 1. The Kier molecular flexibility index (Phi) is 3.38. The van der Waals surface area contributed by atoms with Crippen molar-refractivity contribution in [1.29, 1.82) is 5.26 Å². The van der Waals surface area contributed by atoms with Crippen LogP contribution in [0.1, 0.15) is 11.1 Å². The van der Waals surface area contributed by atoms with Gasteiger partial charge in [-0.2, -0.15) is 5.26 Å². The van der Waals surface area contributed by atoms with Crippen molar-refractivity contribution in [3.63, 3.8) is 0 Å². The Balaban J connectivity index is 2.52. The first-order valence-corrected chi connectivity index (χ1v) is 5.53. The number of nitrogens with zero attached hydrogens (tertiary/aromatic N) is 1. The standard InChI is InChI=1S/C15H11F2N/c1-10-2-4-12(9-15(10)17)13-8-11(6-7-18)3-5-14(13)16/h2-5,8-9H,6H2,1H3. The van der Waals surface area contributed by atoms with E-state index in [0.29, 0.717) is 16.7 Å². The first kappa shape index (κ1) is 12.3. The molecule has 0 N–H and O–H groups in total. The van der Waals surface area contributed by atoms with Crippen LogP contribution in [0, 0.1) is 29.9 Å². The summed E-state index contributed by atoms with van der Waals surface area (Å²) in [5.74, 6) is -0.780. The van der Waals surface area contributed by atoms with Gasteiger partial charge in [0, 0.05) is 5.56 Å². The molecule has 1 nitrogen and oxygen atoms in total. The van der Waals surface area contributed by atoms with Crippen molar-refractivity contribution in [3.8, 4) is 17.2 Å². The summed E-state index contributed by atoms with van der Waals surface area (Å²) in [6, 6.07) is 11.1. The van der Waals surface area contributed by atoms with Gasteiger partial charge >= 0.3 is 0 Å². The van der Waals surface area contributed by atoms with E-state index in [2.05, 4.69) is 0 Å². The molecule has 0 aliphatic rings. The summed E-state index contributed by atoms with van der Waals surface area (Å²) in [5, 5.41) is 8.63. The fourth-order valence-electron chi connectivity index (χ4n) is 1.76. The first-order valence-electron chi connectivity index (χ1n) is 5.53. The third-order valence-electron chi connectivity index (χ3n) is 2.80. The van der Waals surface area contributed by atoms with E-state index in [9.17, 15) is 8.78 Å². The number of hydrogen-bond donors (Lipinski definition) is 0. The molecular weight excluding hydrogens is 232 g/mol. The van der Waals surface area contributed by atoms with Gasteiger partial charge in [-0.3, -0.25) is 0 Å². The van der Waals surface area contributed by atoms with E-state index in [0.717, 1.165) is 5.56 Å². The molecule has 3 heteroatoms. The van der Waals surface area contributed by atoms with Gasteiger partial charge in [-0.1, -0.05) is 18.2 Å². The molecule has 0 heterocycles. The highest BCUT2D eigenvalue weighted by Crippen LogP contribution is 2.25. The van der Waals surface area contributed by atoms with Crippen LogP contribution in [-0.2, 0) is 6.42 Å².